The van der Waals surface area contributed by atoms with E-state index < -0.39 is 0 Å². The lowest BCUT2D eigenvalue weighted by molar-refractivity contribution is 0.411. The Morgan fingerprint density at radius 2 is 2.00 bits per heavy atom. The van der Waals surface area contributed by atoms with Gasteiger partial charge in [0.15, 0.2) is 0 Å². The highest BCUT2D eigenvalue weighted by atomic mass is 79.9. The highest BCUT2D eigenvalue weighted by Crippen LogP contribution is 2.51. The van der Waals surface area contributed by atoms with E-state index >= 15 is 0 Å². The molecule has 2 atom stereocenters. The maximum absolute atomic E-state index is 10.7. The first-order valence-electron chi connectivity index (χ1n) is 8.00. The Bertz CT molecular complexity index is 701. The molecule has 2 aliphatic carbocycles. The van der Waals surface area contributed by atoms with Crippen LogP contribution >= 0.6 is 15.9 Å². The summed E-state index contributed by atoms with van der Waals surface area (Å²) in [6.07, 6.45) is 5.36. The molecule has 0 aromatic heterocycles. The number of anilines is 1. The maximum atomic E-state index is 10.7. The minimum atomic E-state index is 0.402. The zero-order valence-electron chi connectivity index (χ0n) is 12.7. The fourth-order valence-electron chi connectivity index (χ4n) is 4.16. The lowest BCUT2D eigenvalue weighted by atomic mass is 9.84. The van der Waals surface area contributed by atoms with Crippen LogP contribution in [0.3, 0.4) is 0 Å². The molecule has 1 heterocycles. The molecular formula is C19H20BrNO. The van der Waals surface area contributed by atoms with Crippen LogP contribution in [0.4, 0.5) is 5.69 Å². The molecule has 22 heavy (non-hydrogen) atoms. The molecule has 3 heteroatoms. The topological polar surface area (TPSA) is 23.5 Å². The van der Waals surface area contributed by atoms with Crippen LogP contribution in [0.5, 0.6) is 0 Å². The monoisotopic (exact) mass is 357 g/mol. The van der Waals surface area contributed by atoms with Crippen molar-refractivity contribution in [3.05, 3.63) is 63.5 Å². The number of hydrogen-bond donors (Lipinski definition) is 1. The van der Waals surface area contributed by atoms with Crippen molar-refractivity contribution in [1.29, 1.82) is 0 Å². The third-order valence-electron chi connectivity index (χ3n) is 5.20. The number of aliphatic hydroxyl groups excluding tert-OH is 1. The first-order chi connectivity index (χ1) is 10.6. The molecule has 0 unspecified atom stereocenters. The summed E-state index contributed by atoms with van der Waals surface area (Å²) in [5.41, 5.74) is 5.11. The summed E-state index contributed by atoms with van der Waals surface area (Å²) < 4.78 is 1.16. The van der Waals surface area contributed by atoms with Gasteiger partial charge in [0.25, 0.3) is 0 Å². The Hall–Kier alpha value is -1.48. The van der Waals surface area contributed by atoms with Gasteiger partial charge in [-0.25, -0.2) is 0 Å². The number of nitrogens with zero attached hydrogens (tertiary/aromatic N) is 1. The minimum Gasteiger partial charge on any atom is -0.506 e. The second-order valence-electron chi connectivity index (χ2n) is 6.57. The van der Waals surface area contributed by atoms with Crippen molar-refractivity contribution < 1.29 is 5.11 Å². The highest BCUT2D eigenvalue weighted by Gasteiger charge is 2.39. The number of aliphatic hydroxyl groups is 1. The fraction of sp³-hybridized carbons (Fsp3) is 0.368. The largest absolute Gasteiger partial charge is 0.506 e. The van der Waals surface area contributed by atoms with Crippen molar-refractivity contribution in [2.24, 2.45) is 11.8 Å². The lowest BCUT2D eigenvalue weighted by Gasteiger charge is -2.24. The van der Waals surface area contributed by atoms with Gasteiger partial charge in [-0.05, 0) is 54.4 Å². The fourth-order valence-corrected chi connectivity index (χ4v) is 4.80. The molecule has 1 aromatic rings. The number of benzene rings is 1. The van der Waals surface area contributed by atoms with Gasteiger partial charge in [-0.15, -0.1) is 0 Å². The van der Waals surface area contributed by atoms with Gasteiger partial charge < -0.3 is 10.0 Å². The second-order valence-corrected chi connectivity index (χ2v) is 7.53. The molecule has 3 aliphatic rings. The summed E-state index contributed by atoms with van der Waals surface area (Å²) in [6, 6.07) is 10.3. The van der Waals surface area contributed by atoms with Gasteiger partial charge in [0.1, 0.15) is 5.76 Å². The quantitative estimate of drug-likeness (QED) is 0.736. The van der Waals surface area contributed by atoms with Crippen molar-refractivity contribution in [2.75, 3.05) is 11.4 Å². The maximum Gasteiger partial charge on any atom is 0.140 e. The van der Waals surface area contributed by atoms with Crippen molar-refractivity contribution in [3.63, 3.8) is 0 Å². The first-order valence-corrected chi connectivity index (χ1v) is 8.79. The Balaban J connectivity index is 1.87. The molecule has 0 fully saturated rings. The SMILES string of the molecule is C[C@@H]1C[C@H]2CCC(Br)=C3C(O)=CN(c4ccccc4)CC1=C32. The molecule has 1 aliphatic heterocycles. The molecular weight excluding hydrogens is 338 g/mol. The standard InChI is InChI=1S/C19H20BrNO/c1-12-9-13-7-8-16(20)19-17(22)11-21(10-15(12)18(13)19)14-5-3-2-4-6-14/h2-6,11-13,22H,7-10H2,1H3/t12-,13-/m1/s1. The molecule has 0 saturated carbocycles. The predicted octanol–water partition coefficient (Wildman–Crippen LogP) is 5.30. The molecule has 0 radical (unpaired) electrons. The smallest absolute Gasteiger partial charge is 0.140 e. The number of hydrogen-bond acceptors (Lipinski definition) is 2. The summed E-state index contributed by atoms with van der Waals surface area (Å²) in [4.78, 5) is 2.18. The zero-order valence-corrected chi connectivity index (χ0v) is 14.3. The average molecular weight is 358 g/mol. The van der Waals surface area contributed by atoms with E-state index in [1.54, 1.807) is 0 Å². The number of rotatable bonds is 1. The summed E-state index contributed by atoms with van der Waals surface area (Å²) in [5, 5.41) is 10.7. The van der Waals surface area contributed by atoms with Gasteiger partial charge in [-0.2, -0.15) is 0 Å². The molecule has 1 aromatic carbocycles. The van der Waals surface area contributed by atoms with E-state index in [9.17, 15) is 5.11 Å². The molecule has 0 amide bonds. The van der Waals surface area contributed by atoms with E-state index in [2.05, 4.69) is 39.9 Å². The van der Waals surface area contributed by atoms with Gasteiger partial charge in [0.05, 0.1) is 0 Å². The Morgan fingerprint density at radius 3 is 2.77 bits per heavy atom. The van der Waals surface area contributed by atoms with Gasteiger partial charge >= 0.3 is 0 Å². The molecule has 0 spiro atoms. The predicted molar refractivity (Wildman–Crippen MR) is 94.0 cm³/mol. The van der Waals surface area contributed by atoms with Gasteiger partial charge in [-0.1, -0.05) is 41.1 Å². The number of allylic oxidation sites excluding steroid dienone is 2. The van der Waals surface area contributed by atoms with Crippen molar-refractivity contribution in [2.45, 2.75) is 26.2 Å². The van der Waals surface area contributed by atoms with Crippen LogP contribution in [-0.4, -0.2) is 11.7 Å². The van der Waals surface area contributed by atoms with E-state index in [0.717, 1.165) is 28.7 Å². The normalized spacial score (nSPS) is 27.7. The van der Waals surface area contributed by atoms with E-state index in [0.29, 0.717) is 17.6 Å². The molecule has 0 saturated heterocycles. The Kier molecular flexibility index (Phi) is 3.41. The first kappa shape index (κ1) is 14.1. The lowest BCUT2D eigenvalue weighted by Crippen LogP contribution is -2.20. The molecule has 2 nitrogen and oxygen atoms in total. The highest BCUT2D eigenvalue weighted by molar-refractivity contribution is 9.11. The van der Waals surface area contributed by atoms with Crippen LogP contribution in [-0.2, 0) is 0 Å². The summed E-state index contributed by atoms with van der Waals surface area (Å²) in [6.45, 7) is 3.21. The van der Waals surface area contributed by atoms with E-state index in [1.165, 1.54) is 24.0 Å². The van der Waals surface area contributed by atoms with Crippen molar-refractivity contribution in [3.8, 4) is 0 Å². The van der Waals surface area contributed by atoms with Crippen LogP contribution in [0.2, 0.25) is 0 Å². The molecule has 114 valence electrons. The second kappa shape index (κ2) is 5.31. The third-order valence-corrected chi connectivity index (χ3v) is 6.00. The average Bonchev–Trinajstić information content (AvgIpc) is 2.73. The molecule has 1 N–H and O–H groups in total. The van der Waals surface area contributed by atoms with E-state index in [4.69, 9.17) is 0 Å². The van der Waals surface area contributed by atoms with Crippen LogP contribution in [0, 0.1) is 11.8 Å². The molecule has 4 rings (SSSR count). The molecule has 0 bridgehead atoms. The minimum absolute atomic E-state index is 0.402. The van der Waals surface area contributed by atoms with E-state index in [1.807, 2.05) is 24.4 Å². The summed E-state index contributed by atoms with van der Waals surface area (Å²) in [5.74, 6) is 1.62. The Morgan fingerprint density at radius 1 is 1.23 bits per heavy atom. The third kappa shape index (κ3) is 2.14. The van der Waals surface area contributed by atoms with Gasteiger partial charge in [-0.3, -0.25) is 0 Å². The van der Waals surface area contributed by atoms with Gasteiger partial charge in [0, 0.05) is 28.5 Å². The zero-order chi connectivity index (χ0) is 15.3. The van der Waals surface area contributed by atoms with Crippen LogP contribution in [0.25, 0.3) is 0 Å². The van der Waals surface area contributed by atoms with E-state index in [-0.39, 0.29) is 0 Å². The summed E-state index contributed by atoms with van der Waals surface area (Å²) in [7, 11) is 0. The van der Waals surface area contributed by atoms with Crippen LogP contribution in [0.1, 0.15) is 26.2 Å². The van der Waals surface area contributed by atoms with Crippen molar-refractivity contribution >= 4 is 21.6 Å². The van der Waals surface area contributed by atoms with Gasteiger partial charge in [0.2, 0.25) is 0 Å². The van der Waals surface area contributed by atoms with Crippen LogP contribution in [0.15, 0.2) is 63.5 Å². The number of halogens is 1. The van der Waals surface area contributed by atoms with Crippen LogP contribution < -0.4 is 4.90 Å². The Labute approximate surface area is 140 Å². The van der Waals surface area contributed by atoms with Crippen molar-refractivity contribution in [1.82, 2.24) is 0 Å². The summed E-state index contributed by atoms with van der Waals surface area (Å²) >= 11 is 3.71. The number of para-hydroxylation sites is 1.